The van der Waals surface area contributed by atoms with E-state index in [1.165, 1.54) is 15.8 Å². The zero-order valence-corrected chi connectivity index (χ0v) is 21.4. The minimum atomic E-state index is -1.40. The number of fused-ring (bicyclic) bond motifs is 2. The van der Waals surface area contributed by atoms with Gasteiger partial charge in [-0.15, -0.1) is 0 Å². The van der Waals surface area contributed by atoms with Crippen molar-refractivity contribution in [3.63, 3.8) is 0 Å². The minimum Gasteiger partial charge on any atom is -0.364 e. The molecule has 41 heavy (non-hydrogen) atoms. The number of rotatable bonds is 6. The maximum absolute atomic E-state index is 14.5. The number of nitrogens with zero attached hydrogens (tertiary/aromatic N) is 7. The standard InChI is InChI=1S/C26H23FN10O4/c27-16-8-20(26(41)31-17-2-4-21-32-33-22(38)12-35(21)11-17)36(10-16)23(39)13-37-19-3-1-14(15-5-6-29-30-9-15)7-18(19)24(34-37)25(28)40/h1-7,9,11,16,20H,8,10,12-13H2,(H2,28,40)(H,31,41)(H,33,38). The van der Waals surface area contributed by atoms with E-state index in [2.05, 4.69) is 31.1 Å². The summed E-state index contributed by atoms with van der Waals surface area (Å²) in [6, 6.07) is 5.88. The quantitative estimate of drug-likeness (QED) is 0.372. The minimum absolute atomic E-state index is 0.0230. The number of halogens is 1. The molecule has 1 aromatic carbocycles. The Morgan fingerprint density at radius 3 is 2.78 bits per heavy atom. The molecule has 6 rings (SSSR count). The molecular formula is C26H23FN10O4. The average Bonchev–Trinajstić information content (AvgIpc) is 3.54. The van der Waals surface area contributed by atoms with E-state index in [9.17, 15) is 23.6 Å². The number of carbonyl (C=O) groups is 4. The summed E-state index contributed by atoms with van der Waals surface area (Å²) in [6.45, 7) is -0.590. The first-order valence-electron chi connectivity index (χ1n) is 12.6. The van der Waals surface area contributed by atoms with Crippen LogP contribution in [-0.2, 0) is 20.9 Å². The summed E-state index contributed by atoms with van der Waals surface area (Å²) >= 11 is 0. The number of amidine groups is 1. The van der Waals surface area contributed by atoms with Crippen molar-refractivity contribution < 1.29 is 23.6 Å². The highest BCUT2D eigenvalue weighted by Gasteiger charge is 2.40. The van der Waals surface area contributed by atoms with Gasteiger partial charge in [-0.25, -0.2) is 9.82 Å². The van der Waals surface area contributed by atoms with E-state index in [-0.39, 0.29) is 37.7 Å². The number of primary amides is 1. The highest BCUT2D eigenvalue weighted by atomic mass is 19.1. The number of aromatic nitrogens is 4. The fourth-order valence-electron chi connectivity index (χ4n) is 5.03. The Kier molecular flexibility index (Phi) is 6.45. The highest BCUT2D eigenvalue weighted by molar-refractivity contribution is 6.05. The first-order chi connectivity index (χ1) is 19.8. The molecule has 3 aliphatic heterocycles. The Bertz CT molecular complexity index is 1680. The van der Waals surface area contributed by atoms with Gasteiger partial charge in [0.2, 0.25) is 11.8 Å². The van der Waals surface area contributed by atoms with Crippen LogP contribution in [0, 0.1) is 0 Å². The molecule has 1 saturated heterocycles. The van der Waals surface area contributed by atoms with Crippen LogP contribution < -0.4 is 16.5 Å². The Hall–Kier alpha value is -5.47. The number of allylic oxidation sites excluding steroid dienone is 1. The van der Waals surface area contributed by atoms with Crippen LogP contribution in [0.4, 0.5) is 4.39 Å². The number of hydrazone groups is 1. The van der Waals surface area contributed by atoms with Gasteiger partial charge in [0, 0.05) is 23.6 Å². The first-order valence-corrected chi connectivity index (χ1v) is 12.6. The lowest BCUT2D eigenvalue weighted by atomic mass is 10.0. The maximum Gasteiger partial charge on any atom is 0.269 e. The number of carbonyl (C=O) groups excluding carboxylic acids is 4. The van der Waals surface area contributed by atoms with Crippen LogP contribution >= 0.6 is 0 Å². The predicted octanol–water partition coefficient (Wildman–Crippen LogP) is -0.196. The molecule has 15 heteroatoms. The van der Waals surface area contributed by atoms with Crippen molar-refractivity contribution in [2.45, 2.75) is 25.2 Å². The van der Waals surface area contributed by atoms with E-state index < -0.39 is 29.9 Å². The molecule has 3 aromatic rings. The molecule has 0 aliphatic carbocycles. The van der Waals surface area contributed by atoms with Gasteiger partial charge < -0.3 is 20.9 Å². The molecule has 1 fully saturated rings. The lowest BCUT2D eigenvalue weighted by molar-refractivity contribution is -0.138. The molecule has 2 unspecified atom stereocenters. The van der Waals surface area contributed by atoms with Gasteiger partial charge in [0.1, 0.15) is 25.3 Å². The molecule has 2 atom stereocenters. The molecule has 0 radical (unpaired) electrons. The second kappa shape index (κ2) is 10.3. The SMILES string of the molecule is NC(=O)c1nn(CC(=O)N2CC(F)CC2C(=O)NC2=CN3CC(=O)NN=C3C=C2)c2ccc(-c3ccnnc3)cc12. The normalized spacial score (nSPS) is 19.9. The summed E-state index contributed by atoms with van der Waals surface area (Å²) in [7, 11) is 0. The zero-order chi connectivity index (χ0) is 28.7. The second-order valence-electron chi connectivity index (χ2n) is 9.67. The van der Waals surface area contributed by atoms with Crippen molar-refractivity contribution in [3.8, 4) is 11.1 Å². The lowest BCUT2D eigenvalue weighted by Crippen LogP contribution is -2.48. The van der Waals surface area contributed by atoms with Crippen molar-refractivity contribution in [3.05, 3.63) is 66.4 Å². The van der Waals surface area contributed by atoms with Crippen molar-refractivity contribution >= 4 is 40.4 Å². The monoisotopic (exact) mass is 558 g/mol. The third-order valence-corrected chi connectivity index (χ3v) is 6.94. The number of hydrogen-bond donors (Lipinski definition) is 3. The van der Waals surface area contributed by atoms with Crippen molar-refractivity contribution in [1.82, 2.24) is 40.5 Å². The number of likely N-dealkylation sites (tertiary alicyclic amines) is 1. The Balaban J connectivity index is 1.22. The summed E-state index contributed by atoms with van der Waals surface area (Å²) in [5, 5.41) is 18.9. The number of alkyl halides is 1. The molecular weight excluding hydrogens is 535 g/mol. The van der Waals surface area contributed by atoms with E-state index in [4.69, 9.17) is 5.73 Å². The van der Waals surface area contributed by atoms with Gasteiger partial charge in [-0.05, 0) is 35.9 Å². The summed E-state index contributed by atoms with van der Waals surface area (Å²) in [5.74, 6) is -1.72. The van der Waals surface area contributed by atoms with Crippen LogP contribution in [0.25, 0.3) is 22.0 Å². The average molecular weight is 559 g/mol. The molecule has 0 spiro atoms. The van der Waals surface area contributed by atoms with Gasteiger partial charge in [-0.1, -0.05) is 6.07 Å². The third-order valence-electron chi connectivity index (χ3n) is 6.94. The fraction of sp³-hybridized carbons (Fsp3) is 0.231. The van der Waals surface area contributed by atoms with Gasteiger partial charge in [0.15, 0.2) is 11.5 Å². The predicted molar refractivity (Wildman–Crippen MR) is 142 cm³/mol. The summed E-state index contributed by atoms with van der Waals surface area (Å²) in [6.07, 6.45) is 6.28. The molecule has 3 aliphatic rings. The summed E-state index contributed by atoms with van der Waals surface area (Å²) in [4.78, 5) is 53.1. The van der Waals surface area contributed by atoms with Gasteiger partial charge in [0.25, 0.3) is 11.8 Å². The van der Waals surface area contributed by atoms with Crippen LogP contribution in [0.3, 0.4) is 0 Å². The maximum atomic E-state index is 14.5. The first kappa shape index (κ1) is 25.8. The highest BCUT2D eigenvalue weighted by Crippen LogP contribution is 2.27. The van der Waals surface area contributed by atoms with Crippen molar-refractivity contribution in [1.29, 1.82) is 0 Å². The number of benzene rings is 1. The van der Waals surface area contributed by atoms with E-state index in [0.717, 1.165) is 11.1 Å². The van der Waals surface area contributed by atoms with Crippen LogP contribution in [0.15, 0.2) is 65.8 Å². The van der Waals surface area contributed by atoms with E-state index >= 15 is 0 Å². The molecule has 0 bridgehead atoms. The summed E-state index contributed by atoms with van der Waals surface area (Å²) < 4.78 is 15.9. The van der Waals surface area contributed by atoms with Gasteiger partial charge in [-0.3, -0.25) is 23.9 Å². The Morgan fingerprint density at radius 2 is 2.00 bits per heavy atom. The topological polar surface area (TPSA) is 181 Å². The number of nitrogens with two attached hydrogens (primary N) is 1. The molecule has 0 saturated carbocycles. The smallest absolute Gasteiger partial charge is 0.269 e. The van der Waals surface area contributed by atoms with Gasteiger partial charge >= 0.3 is 0 Å². The fourth-order valence-corrected chi connectivity index (χ4v) is 5.03. The molecule has 4 amide bonds. The summed E-state index contributed by atoms with van der Waals surface area (Å²) in [5.41, 5.74) is 10.3. The Labute approximate surface area is 231 Å². The van der Waals surface area contributed by atoms with Gasteiger partial charge in [0.05, 0.1) is 30.2 Å². The Morgan fingerprint density at radius 1 is 1.15 bits per heavy atom. The van der Waals surface area contributed by atoms with Crippen LogP contribution in [0.1, 0.15) is 16.9 Å². The van der Waals surface area contributed by atoms with Crippen molar-refractivity contribution in [2.24, 2.45) is 10.8 Å². The molecule has 2 aromatic heterocycles. The number of amides is 4. The van der Waals surface area contributed by atoms with Crippen LogP contribution in [-0.4, -0.2) is 84.5 Å². The van der Waals surface area contributed by atoms with Crippen LogP contribution in [0.2, 0.25) is 0 Å². The number of hydrogen-bond acceptors (Lipinski definition) is 9. The van der Waals surface area contributed by atoms with E-state index in [1.807, 2.05) is 0 Å². The van der Waals surface area contributed by atoms with Crippen LogP contribution in [0.5, 0.6) is 0 Å². The van der Waals surface area contributed by atoms with Gasteiger partial charge in [-0.2, -0.15) is 20.4 Å². The zero-order valence-electron chi connectivity index (χ0n) is 21.4. The lowest BCUT2D eigenvalue weighted by Gasteiger charge is -2.28. The second-order valence-corrected chi connectivity index (χ2v) is 9.67. The van der Waals surface area contributed by atoms with Crippen molar-refractivity contribution in [2.75, 3.05) is 13.1 Å². The third kappa shape index (κ3) is 4.99. The largest absolute Gasteiger partial charge is 0.364 e. The van der Waals surface area contributed by atoms with E-state index in [1.54, 1.807) is 53.7 Å². The molecule has 4 N–H and O–H groups in total. The molecule has 14 nitrogen and oxygen atoms in total. The number of nitrogens with one attached hydrogen (secondary N) is 2. The van der Waals surface area contributed by atoms with E-state index in [0.29, 0.717) is 22.4 Å². The molecule has 5 heterocycles. The molecule has 208 valence electrons.